The second-order valence-electron chi connectivity index (χ2n) is 9.67. The molecular formula is C27H27N5O4. The number of carbonyl (C=O) groups is 3. The Bertz CT molecular complexity index is 1360. The van der Waals surface area contributed by atoms with Gasteiger partial charge in [0.25, 0.3) is 5.91 Å². The first-order chi connectivity index (χ1) is 17.5. The number of imide groups is 1. The molecule has 184 valence electrons. The Morgan fingerprint density at radius 3 is 2.53 bits per heavy atom. The summed E-state index contributed by atoms with van der Waals surface area (Å²) in [6.45, 7) is 2.72. The number of hydrogen-bond acceptors (Lipinski definition) is 7. The zero-order chi connectivity index (χ0) is 24.8. The SMILES string of the molecule is COc1ncc(CN2CCC(c3ccc4c5c(cccc35)N(C3CCC(=O)NC3=O)C4=O)CC2)cn1. The van der Waals surface area contributed by atoms with Crippen molar-refractivity contribution in [1.82, 2.24) is 20.2 Å². The molecule has 3 aliphatic rings. The Morgan fingerprint density at radius 2 is 1.81 bits per heavy atom. The van der Waals surface area contributed by atoms with E-state index in [-0.39, 0.29) is 18.2 Å². The molecule has 2 fully saturated rings. The van der Waals surface area contributed by atoms with Crippen molar-refractivity contribution in [3.8, 4) is 6.01 Å². The van der Waals surface area contributed by atoms with Gasteiger partial charge >= 0.3 is 6.01 Å². The maximum Gasteiger partial charge on any atom is 0.316 e. The molecule has 2 saturated heterocycles. The fourth-order valence-electron chi connectivity index (χ4n) is 5.81. The van der Waals surface area contributed by atoms with E-state index in [0.29, 0.717) is 23.9 Å². The molecule has 6 rings (SSSR count). The lowest BCUT2D eigenvalue weighted by molar-refractivity contribution is -0.134. The first kappa shape index (κ1) is 22.6. The van der Waals surface area contributed by atoms with E-state index in [1.807, 2.05) is 30.6 Å². The highest BCUT2D eigenvalue weighted by Crippen LogP contribution is 2.43. The van der Waals surface area contributed by atoms with E-state index in [9.17, 15) is 14.4 Å². The van der Waals surface area contributed by atoms with E-state index in [1.165, 1.54) is 5.56 Å². The number of anilines is 1. The third-order valence-corrected chi connectivity index (χ3v) is 7.58. The minimum atomic E-state index is -0.665. The smallest absolute Gasteiger partial charge is 0.316 e. The van der Waals surface area contributed by atoms with Crippen molar-refractivity contribution in [2.24, 2.45) is 0 Å². The average molecular weight is 486 g/mol. The number of rotatable bonds is 5. The third kappa shape index (κ3) is 3.80. The van der Waals surface area contributed by atoms with Gasteiger partial charge in [0.05, 0.1) is 12.8 Å². The van der Waals surface area contributed by atoms with Crippen molar-refractivity contribution in [2.75, 3.05) is 25.1 Å². The molecule has 0 bridgehead atoms. The first-order valence-electron chi connectivity index (χ1n) is 12.3. The molecular weight excluding hydrogens is 458 g/mol. The Hall–Kier alpha value is -3.85. The number of nitrogens with zero attached hydrogens (tertiary/aromatic N) is 4. The van der Waals surface area contributed by atoms with Gasteiger partial charge in [0.15, 0.2) is 0 Å². The van der Waals surface area contributed by atoms with Gasteiger partial charge in [0, 0.05) is 41.9 Å². The normalized spacial score (nSPS) is 20.8. The van der Waals surface area contributed by atoms with Gasteiger partial charge in [0.2, 0.25) is 11.8 Å². The van der Waals surface area contributed by atoms with Gasteiger partial charge in [-0.2, -0.15) is 0 Å². The third-order valence-electron chi connectivity index (χ3n) is 7.58. The standard InChI is InChI=1S/C27H27N5O4/c1-36-27-28-13-16(14-29-27)15-31-11-9-17(10-12-31)18-5-6-20-24-19(18)3-2-4-21(24)32(26(20)35)22-7-8-23(33)30-25(22)34/h2-6,13-14,17,22H,7-12,15H2,1H3,(H,30,33,34). The molecule has 3 amide bonds. The molecule has 0 radical (unpaired) electrons. The van der Waals surface area contributed by atoms with Gasteiger partial charge < -0.3 is 4.74 Å². The van der Waals surface area contributed by atoms with Gasteiger partial charge in [-0.3, -0.25) is 29.5 Å². The van der Waals surface area contributed by atoms with Crippen LogP contribution in [0, 0.1) is 0 Å². The van der Waals surface area contributed by atoms with Gasteiger partial charge in [0.1, 0.15) is 6.04 Å². The van der Waals surface area contributed by atoms with Crippen molar-refractivity contribution in [3.63, 3.8) is 0 Å². The topological polar surface area (TPSA) is 105 Å². The number of ether oxygens (including phenoxy) is 1. The van der Waals surface area contributed by atoms with Crippen LogP contribution in [0.4, 0.5) is 5.69 Å². The zero-order valence-electron chi connectivity index (χ0n) is 20.1. The van der Waals surface area contributed by atoms with Crippen molar-refractivity contribution < 1.29 is 19.1 Å². The van der Waals surface area contributed by atoms with Crippen LogP contribution < -0.4 is 15.0 Å². The van der Waals surface area contributed by atoms with Crippen molar-refractivity contribution >= 4 is 34.2 Å². The second kappa shape index (κ2) is 8.98. The summed E-state index contributed by atoms with van der Waals surface area (Å²) in [6.07, 6.45) is 6.23. The Labute approximate surface area is 208 Å². The van der Waals surface area contributed by atoms with E-state index in [1.54, 1.807) is 12.0 Å². The highest BCUT2D eigenvalue weighted by atomic mass is 16.5. The minimum absolute atomic E-state index is 0.168. The molecule has 1 N–H and O–H groups in total. The molecule has 9 nitrogen and oxygen atoms in total. The number of methoxy groups -OCH3 is 1. The molecule has 36 heavy (non-hydrogen) atoms. The zero-order valence-corrected chi connectivity index (χ0v) is 20.1. The van der Waals surface area contributed by atoms with Gasteiger partial charge in [-0.15, -0.1) is 0 Å². The molecule has 1 aromatic heterocycles. The maximum absolute atomic E-state index is 13.4. The van der Waals surface area contributed by atoms with Crippen molar-refractivity contribution in [3.05, 3.63) is 59.4 Å². The van der Waals surface area contributed by atoms with E-state index in [0.717, 1.165) is 54.5 Å². The molecule has 3 aliphatic heterocycles. The number of likely N-dealkylation sites (tertiary alicyclic amines) is 1. The van der Waals surface area contributed by atoms with Gasteiger partial charge in [-0.25, -0.2) is 9.97 Å². The highest BCUT2D eigenvalue weighted by molar-refractivity contribution is 6.27. The van der Waals surface area contributed by atoms with Crippen molar-refractivity contribution in [1.29, 1.82) is 0 Å². The highest BCUT2D eigenvalue weighted by Gasteiger charge is 2.41. The van der Waals surface area contributed by atoms with Crippen LogP contribution in [-0.2, 0) is 16.1 Å². The summed E-state index contributed by atoms with van der Waals surface area (Å²) >= 11 is 0. The van der Waals surface area contributed by atoms with Crippen LogP contribution in [0.25, 0.3) is 10.8 Å². The number of amides is 3. The summed E-state index contributed by atoms with van der Waals surface area (Å²) in [5.74, 6) is -0.470. The fourth-order valence-corrected chi connectivity index (χ4v) is 5.81. The number of piperidine rings is 2. The minimum Gasteiger partial charge on any atom is -0.467 e. The molecule has 0 saturated carbocycles. The lowest BCUT2D eigenvalue weighted by Crippen LogP contribution is -2.53. The number of hydrogen-bond donors (Lipinski definition) is 1. The quantitative estimate of drug-likeness (QED) is 0.554. The Balaban J connectivity index is 1.23. The van der Waals surface area contributed by atoms with Crippen LogP contribution in [0.5, 0.6) is 6.01 Å². The van der Waals surface area contributed by atoms with Crippen molar-refractivity contribution in [2.45, 2.75) is 44.2 Å². The summed E-state index contributed by atoms with van der Waals surface area (Å²) in [6, 6.07) is 9.66. The molecule has 0 spiro atoms. The van der Waals surface area contributed by atoms with Gasteiger partial charge in [-0.1, -0.05) is 18.2 Å². The Morgan fingerprint density at radius 1 is 1.03 bits per heavy atom. The predicted molar refractivity (Wildman–Crippen MR) is 133 cm³/mol. The molecule has 0 aliphatic carbocycles. The summed E-state index contributed by atoms with van der Waals surface area (Å²) in [5.41, 5.74) is 3.71. The monoisotopic (exact) mass is 485 g/mol. The summed E-state index contributed by atoms with van der Waals surface area (Å²) in [7, 11) is 1.56. The van der Waals surface area contributed by atoms with E-state index in [4.69, 9.17) is 4.74 Å². The largest absolute Gasteiger partial charge is 0.467 e. The molecule has 4 heterocycles. The van der Waals surface area contributed by atoms with Crippen LogP contribution in [0.15, 0.2) is 42.7 Å². The molecule has 1 unspecified atom stereocenters. The predicted octanol–water partition coefficient (Wildman–Crippen LogP) is 2.78. The number of aromatic nitrogens is 2. The number of nitrogens with one attached hydrogen (secondary N) is 1. The van der Waals surface area contributed by atoms with Crippen LogP contribution in [0.2, 0.25) is 0 Å². The molecule has 3 aromatic rings. The molecule has 2 aromatic carbocycles. The fraction of sp³-hybridized carbons (Fsp3) is 0.370. The maximum atomic E-state index is 13.4. The lowest BCUT2D eigenvalue weighted by Gasteiger charge is -2.32. The van der Waals surface area contributed by atoms with E-state index in [2.05, 4.69) is 32.3 Å². The second-order valence-corrected chi connectivity index (χ2v) is 9.67. The van der Waals surface area contributed by atoms with Crippen LogP contribution >= 0.6 is 0 Å². The van der Waals surface area contributed by atoms with Crippen LogP contribution in [0.1, 0.15) is 53.1 Å². The van der Waals surface area contributed by atoms with Gasteiger partial charge in [-0.05, 0) is 61.4 Å². The summed E-state index contributed by atoms with van der Waals surface area (Å²) in [5, 5.41) is 4.38. The summed E-state index contributed by atoms with van der Waals surface area (Å²) in [4.78, 5) is 50.0. The van der Waals surface area contributed by atoms with E-state index >= 15 is 0 Å². The average Bonchev–Trinajstić information content (AvgIpc) is 3.18. The molecule has 9 heteroatoms. The van der Waals surface area contributed by atoms with Crippen LogP contribution in [0.3, 0.4) is 0 Å². The van der Waals surface area contributed by atoms with E-state index < -0.39 is 11.9 Å². The molecule has 1 atom stereocenters. The van der Waals surface area contributed by atoms with Crippen LogP contribution in [-0.4, -0.2) is 58.8 Å². The number of benzene rings is 2. The first-order valence-corrected chi connectivity index (χ1v) is 12.3. The lowest BCUT2D eigenvalue weighted by atomic mass is 9.85. The number of carbonyl (C=O) groups excluding carboxylic acids is 3. The Kier molecular flexibility index (Phi) is 5.64. The summed E-state index contributed by atoms with van der Waals surface area (Å²) < 4.78 is 5.04.